The van der Waals surface area contributed by atoms with Gasteiger partial charge in [-0.2, -0.15) is 13.2 Å². The number of nitrogens with zero attached hydrogens (tertiary/aromatic N) is 1. The van der Waals surface area contributed by atoms with Gasteiger partial charge in [0.25, 0.3) is 0 Å². The lowest BCUT2D eigenvalue weighted by Crippen LogP contribution is -2.25. The topological polar surface area (TPSA) is 20.3 Å². The van der Waals surface area contributed by atoms with E-state index in [4.69, 9.17) is 0 Å². The van der Waals surface area contributed by atoms with Crippen LogP contribution in [0.15, 0.2) is 24.3 Å². The average molecular weight is 259 g/mol. The summed E-state index contributed by atoms with van der Waals surface area (Å²) in [5.74, 6) is -0.0653. The number of halogens is 3. The molecule has 0 aliphatic rings. The normalized spacial score (nSPS) is 11.4. The van der Waals surface area contributed by atoms with Crippen molar-refractivity contribution in [3.05, 3.63) is 29.8 Å². The van der Waals surface area contributed by atoms with Gasteiger partial charge >= 0.3 is 6.18 Å². The number of rotatable bonds is 5. The van der Waals surface area contributed by atoms with E-state index in [2.05, 4.69) is 0 Å². The molecule has 0 fully saturated rings. The Bertz CT molecular complexity index is 415. The highest BCUT2D eigenvalue weighted by atomic mass is 19.4. The maximum atomic E-state index is 12.2. The summed E-state index contributed by atoms with van der Waals surface area (Å²) in [6.45, 7) is 1.58. The molecule has 0 radical (unpaired) electrons. The van der Waals surface area contributed by atoms with Crippen molar-refractivity contribution in [2.75, 3.05) is 18.5 Å². The van der Waals surface area contributed by atoms with Gasteiger partial charge in [0, 0.05) is 31.3 Å². The molecule has 18 heavy (non-hydrogen) atoms. The van der Waals surface area contributed by atoms with Gasteiger partial charge < -0.3 is 4.90 Å². The first kappa shape index (κ1) is 14.5. The molecule has 1 aromatic carbocycles. The highest BCUT2D eigenvalue weighted by Crippen LogP contribution is 2.24. The molecule has 0 heterocycles. The van der Waals surface area contributed by atoms with E-state index in [-0.39, 0.29) is 12.3 Å². The van der Waals surface area contributed by atoms with Crippen molar-refractivity contribution in [1.82, 2.24) is 0 Å². The van der Waals surface area contributed by atoms with Crippen LogP contribution in [0.2, 0.25) is 0 Å². The largest absolute Gasteiger partial charge is 0.390 e. The zero-order valence-corrected chi connectivity index (χ0v) is 10.4. The van der Waals surface area contributed by atoms with E-state index < -0.39 is 12.6 Å². The molecule has 0 saturated heterocycles. The molecule has 2 nitrogen and oxygen atoms in total. The van der Waals surface area contributed by atoms with Crippen molar-refractivity contribution < 1.29 is 18.0 Å². The molecular weight excluding hydrogens is 243 g/mol. The number of hydrogen-bond acceptors (Lipinski definition) is 2. The van der Waals surface area contributed by atoms with Crippen molar-refractivity contribution in [2.45, 2.75) is 25.9 Å². The summed E-state index contributed by atoms with van der Waals surface area (Å²) in [6.07, 6.45) is -4.74. The van der Waals surface area contributed by atoms with Crippen LogP contribution in [-0.4, -0.2) is 25.6 Å². The lowest BCUT2D eigenvalue weighted by atomic mass is 10.1. The van der Waals surface area contributed by atoms with Crippen LogP contribution in [0.4, 0.5) is 18.9 Å². The van der Waals surface area contributed by atoms with Gasteiger partial charge in [-0.1, -0.05) is 19.1 Å². The third-order valence-electron chi connectivity index (χ3n) is 2.67. The first-order chi connectivity index (χ1) is 8.35. The quantitative estimate of drug-likeness (QED) is 0.752. The molecule has 1 aromatic rings. The monoisotopic (exact) mass is 259 g/mol. The summed E-state index contributed by atoms with van der Waals surface area (Å²) in [6, 6.07) is 6.74. The fourth-order valence-electron chi connectivity index (χ4n) is 1.65. The van der Waals surface area contributed by atoms with Crippen molar-refractivity contribution in [3.8, 4) is 0 Å². The highest BCUT2D eigenvalue weighted by molar-refractivity contribution is 6.01. The van der Waals surface area contributed by atoms with Gasteiger partial charge in [-0.3, -0.25) is 4.79 Å². The van der Waals surface area contributed by atoms with Gasteiger partial charge in [-0.25, -0.2) is 0 Å². The van der Waals surface area contributed by atoms with Crippen LogP contribution in [0.25, 0.3) is 0 Å². The number of Topliss-reactive ketones (excluding diaryl/α,β-unsaturated/α-hetero) is 1. The van der Waals surface area contributed by atoms with E-state index in [0.29, 0.717) is 17.7 Å². The third-order valence-corrected chi connectivity index (χ3v) is 2.67. The van der Waals surface area contributed by atoms with E-state index in [9.17, 15) is 18.0 Å². The zero-order valence-electron chi connectivity index (χ0n) is 10.4. The number of carbonyl (C=O) groups excluding carboxylic acids is 1. The second-order valence-corrected chi connectivity index (χ2v) is 4.08. The maximum Gasteiger partial charge on any atom is 0.390 e. The zero-order chi connectivity index (χ0) is 13.8. The highest BCUT2D eigenvalue weighted by Gasteiger charge is 2.27. The molecule has 0 aromatic heterocycles. The van der Waals surface area contributed by atoms with E-state index in [0.717, 1.165) is 0 Å². The SMILES string of the molecule is CCC(=O)c1ccccc1N(C)CCC(F)(F)F. The fourth-order valence-corrected chi connectivity index (χ4v) is 1.65. The van der Waals surface area contributed by atoms with E-state index in [1.165, 1.54) is 4.90 Å². The number of ketones is 1. The van der Waals surface area contributed by atoms with E-state index in [1.54, 1.807) is 38.2 Å². The molecule has 1 rings (SSSR count). The van der Waals surface area contributed by atoms with Gasteiger partial charge in [0.05, 0.1) is 6.42 Å². The maximum absolute atomic E-state index is 12.2. The summed E-state index contributed by atoms with van der Waals surface area (Å²) >= 11 is 0. The van der Waals surface area contributed by atoms with E-state index >= 15 is 0 Å². The summed E-state index contributed by atoms with van der Waals surface area (Å²) in [7, 11) is 1.56. The van der Waals surface area contributed by atoms with Gasteiger partial charge in [-0.15, -0.1) is 0 Å². The average Bonchev–Trinajstić information content (AvgIpc) is 2.34. The van der Waals surface area contributed by atoms with Gasteiger partial charge in [0.15, 0.2) is 5.78 Å². The molecule has 0 aliphatic carbocycles. The number of benzene rings is 1. The fraction of sp³-hybridized carbons (Fsp3) is 0.462. The van der Waals surface area contributed by atoms with Crippen LogP contribution < -0.4 is 4.90 Å². The number of para-hydroxylation sites is 1. The summed E-state index contributed by atoms with van der Waals surface area (Å²) < 4.78 is 36.5. The molecule has 0 bridgehead atoms. The molecule has 100 valence electrons. The molecule has 0 spiro atoms. The van der Waals surface area contributed by atoms with Gasteiger partial charge in [-0.05, 0) is 12.1 Å². The van der Waals surface area contributed by atoms with Gasteiger partial charge in [0.1, 0.15) is 0 Å². The Morgan fingerprint density at radius 2 is 1.89 bits per heavy atom. The van der Waals surface area contributed by atoms with Crippen molar-refractivity contribution in [3.63, 3.8) is 0 Å². The Labute approximate surface area is 104 Å². The van der Waals surface area contributed by atoms with E-state index in [1.807, 2.05) is 0 Å². The Kier molecular flexibility index (Phi) is 4.76. The first-order valence-electron chi connectivity index (χ1n) is 5.75. The first-order valence-corrected chi connectivity index (χ1v) is 5.75. The van der Waals surface area contributed by atoms with Crippen LogP contribution in [-0.2, 0) is 0 Å². The Morgan fingerprint density at radius 1 is 1.28 bits per heavy atom. The second kappa shape index (κ2) is 5.89. The third kappa shape index (κ3) is 4.05. The Morgan fingerprint density at radius 3 is 2.44 bits per heavy atom. The summed E-state index contributed by atoms with van der Waals surface area (Å²) in [4.78, 5) is 13.2. The lowest BCUT2D eigenvalue weighted by Gasteiger charge is -2.22. The minimum absolute atomic E-state index is 0.0653. The number of carbonyl (C=O) groups is 1. The van der Waals surface area contributed by atoms with Crippen LogP contribution in [0.5, 0.6) is 0 Å². The van der Waals surface area contributed by atoms with Crippen molar-refractivity contribution in [2.24, 2.45) is 0 Å². The van der Waals surface area contributed by atoms with Crippen LogP contribution in [0, 0.1) is 0 Å². The molecule has 0 N–H and O–H groups in total. The predicted molar refractivity (Wildman–Crippen MR) is 65.0 cm³/mol. The molecule has 5 heteroatoms. The second-order valence-electron chi connectivity index (χ2n) is 4.08. The number of anilines is 1. The molecule has 0 saturated carbocycles. The molecular formula is C13H16F3NO. The number of alkyl halides is 3. The van der Waals surface area contributed by atoms with Crippen LogP contribution >= 0.6 is 0 Å². The standard InChI is InChI=1S/C13H16F3NO/c1-3-12(18)10-6-4-5-7-11(10)17(2)9-8-13(14,15)16/h4-7H,3,8-9H2,1-2H3. The van der Waals surface area contributed by atoms with Crippen LogP contribution in [0.1, 0.15) is 30.1 Å². The van der Waals surface area contributed by atoms with Crippen molar-refractivity contribution >= 4 is 11.5 Å². The Hall–Kier alpha value is -1.52. The number of hydrogen-bond donors (Lipinski definition) is 0. The summed E-state index contributed by atoms with van der Waals surface area (Å²) in [5.41, 5.74) is 1.03. The molecule has 0 aliphatic heterocycles. The smallest absolute Gasteiger partial charge is 0.374 e. The molecule has 0 unspecified atom stereocenters. The van der Waals surface area contributed by atoms with Crippen molar-refractivity contribution in [1.29, 1.82) is 0 Å². The minimum Gasteiger partial charge on any atom is -0.374 e. The minimum atomic E-state index is -4.18. The predicted octanol–water partition coefficient (Wildman–Crippen LogP) is 3.67. The Balaban J connectivity index is 2.85. The lowest BCUT2D eigenvalue weighted by molar-refractivity contribution is -0.132. The summed E-state index contributed by atoms with van der Waals surface area (Å²) in [5, 5.41) is 0. The molecule has 0 atom stereocenters. The van der Waals surface area contributed by atoms with Gasteiger partial charge in [0.2, 0.25) is 0 Å². The van der Waals surface area contributed by atoms with Crippen LogP contribution in [0.3, 0.4) is 0 Å². The molecule has 0 amide bonds.